The van der Waals surface area contributed by atoms with Crippen LogP contribution in [-0.4, -0.2) is 88.8 Å². The zero-order chi connectivity index (χ0) is 25.1. The minimum Gasteiger partial charge on any atom is -0.497 e. The molecule has 1 aromatic heterocycles. The Bertz CT molecular complexity index is 1100. The number of carbonyl (C=O) groups is 1. The van der Waals surface area contributed by atoms with Crippen LogP contribution >= 0.6 is 0 Å². The zero-order valence-corrected chi connectivity index (χ0v) is 21.9. The monoisotopic (exact) mass is 495 g/mol. The zero-order valence-electron chi connectivity index (χ0n) is 21.0. The molecule has 0 aliphatic carbocycles. The lowest BCUT2D eigenvalue weighted by atomic mass is 9.95. The number of likely N-dealkylation sites (tertiary alicyclic amines) is 1. The van der Waals surface area contributed by atoms with E-state index in [2.05, 4.69) is 4.90 Å². The number of aromatic nitrogens is 1. The fraction of sp³-hybridized carbons (Fsp3) is 0.625. The summed E-state index contributed by atoms with van der Waals surface area (Å²) in [5.74, 6) is 0.193. The third-order valence-corrected chi connectivity index (χ3v) is 7.39. The second kappa shape index (κ2) is 10.6. The fourth-order valence-corrected chi connectivity index (χ4v) is 5.07. The van der Waals surface area contributed by atoms with E-state index in [1.54, 1.807) is 39.3 Å². The Morgan fingerprint density at radius 2 is 1.88 bits per heavy atom. The molecule has 0 bridgehead atoms. The lowest BCUT2D eigenvalue weighted by Gasteiger charge is -2.31. The van der Waals surface area contributed by atoms with Gasteiger partial charge in [0, 0.05) is 31.2 Å². The van der Waals surface area contributed by atoms with E-state index in [4.69, 9.17) is 13.7 Å². The van der Waals surface area contributed by atoms with Crippen LogP contribution in [0.4, 0.5) is 0 Å². The summed E-state index contributed by atoms with van der Waals surface area (Å²) in [6, 6.07) is 5.25. The minimum atomic E-state index is -4.18. The van der Waals surface area contributed by atoms with Gasteiger partial charge in [-0.25, -0.2) is 3.97 Å². The van der Waals surface area contributed by atoms with E-state index in [0.29, 0.717) is 17.7 Å². The van der Waals surface area contributed by atoms with Crippen LogP contribution in [0.2, 0.25) is 0 Å². The molecule has 2 heterocycles. The molecule has 0 saturated carbocycles. The first-order valence-electron chi connectivity index (χ1n) is 11.6. The molecule has 1 aliphatic heterocycles. The molecule has 1 saturated heterocycles. The van der Waals surface area contributed by atoms with Gasteiger partial charge in [-0.15, -0.1) is 0 Å². The molecule has 3 rings (SSSR count). The van der Waals surface area contributed by atoms with Crippen LogP contribution in [-0.2, 0) is 30.4 Å². The Kier molecular flexibility index (Phi) is 8.28. The number of rotatable bonds is 10. The summed E-state index contributed by atoms with van der Waals surface area (Å²) in [7, 11) is 3.35. The van der Waals surface area contributed by atoms with Crippen LogP contribution in [0.15, 0.2) is 24.4 Å². The van der Waals surface area contributed by atoms with Gasteiger partial charge in [0.25, 0.3) is 0 Å². The molecule has 190 valence electrons. The van der Waals surface area contributed by atoms with Gasteiger partial charge in [0.1, 0.15) is 11.9 Å². The van der Waals surface area contributed by atoms with Gasteiger partial charge in [0.05, 0.1) is 24.6 Å². The smallest absolute Gasteiger partial charge is 0.366 e. The van der Waals surface area contributed by atoms with Crippen molar-refractivity contribution in [2.45, 2.75) is 39.2 Å². The molecule has 0 N–H and O–H groups in total. The van der Waals surface area contributed by atoms with Crippen LogP contribution in [0.5, 0.6) is 5.75 Å². The average molecular weight is 496 g/mol. The minimum absolute atomic E-state index is 0.151. The highest BCUT2D eigenvalue weighted by molar-refractivity contribution is 7.85. The first kappa shape index (κ1) is 26.5. The van der Waals surface area contributed by atoms with E-state index in [1.807, 2.05) is 32.1 Å². The van der Waals surface area contributed by atoms with E-state index in [9.17, 15) is 13.2 Å². The van der Waals surface area contributed by atoms with E-state index in [-0.39, 0.29) is 12.7 Å². The maximum absolute atomic E-state index is 13.2. The molecular formula is C24H37N3O6S. The van der Waals surface area contributed by atoms with E-state index < -0.39 is 21.7 Å². The summed E-state index contributed by atoms with van der Waals surface area (Å²) in [6.45, 7) is 5.45. The molecule has 0 unspecified atom stereocenters. The highest BCUT2D eigenvalue weighted by Crippen LogP contribution is 2.29. The number of ether oxygens (including phenoxy) is 2. The predicted octanol–water partition coefficient (Wildman–Crippen LogP) is 2.53. The number of fused-ring (bicyclic) bond motifs is 1. The summed E-state index contributed by atoms with van der Waals surface area (Å²) < 4.78 is 43.9. The molecule has 0 amide bonds. The lowest BCUT2D eigenvalue weighted by molar-refractivity contribution is -0.163. The standard InChI is InChI=1S/C24H37N3O6S/c1-24(2,23(28)33-19-10-13-26(5)14-11-19)17-32-34(29,30)27-16-18(9-12-25(3)4)21-15-20(31-6)7-8-22(21)27/h7-8,15-16,19H,9-14,17H2,1-6H3. The number of carbonyl (C=O) groups excluding carboxylic acids is 1. The van der Waals surface area contributed by atoms with Crippen molar-refractivity contribution < 1.29 is 26.9 Å². The number of piperidine rings is 1. The van der Waals surface area contributed by atoms with Crippen molar-refractivity contribution in [1.29, 1.82) is 0 Å². The topological polar surface area (TPSA) is 90.3 Å². The first-order valence-corrected chi connectivity index (χ1v) is 12.9. The van der Waals surface area contributed by atoms with Gasteiger partial charge >= 0.3 is 16.3 Å². The van der Waals surface area contributed by atoms with Crippen molar-refractivity contribution in [3.63, 3.8) is 0 Å². The highest BCUT2D eigenvalue weighted by Gasteiger charge is 2.35. The van der Waals surface area contributed by atoms with Gasteiger partial charge in [-0.1, -0.05) is 0 Å². The molecule has 2 aromatic rings. The molecule has 9 nitrogen and oxygen atoms in total. The number of nitrogens with zero attached hydrogens (tertiary/aromatic N) is 3. The summed E-state index contributed by atoms with van der Waals surface area (Å²) in [5, 5.41) is 0.786. The third kappa shape index (κ3) is 6.29. The average Bonchev–Trinajstić information content (AvgIpc) is 3.16. The maximum Gasteiger partial charge on any atom is 0.366 e. The summed E-state index contributed by atoms with van der Waals surface area (Å²) in [5.41, 5.74) is 0.257. The highest BCUT2D eigenvalue weighted by atomic mass is 32.2. The first-order chi connectivity index (χ1) is 15.9. The third-order valence-electron chi connectivity index (χ3n) is 6.19. The van der Waals surface area contributed by atoms with Gasteiger partial charge in [0.15, 0.2) is 0 Å². The quantitative estimate of drug-likeness (QED) is 0.465. The molecule has 0 spiro atoms. The molecule has 0 radical (unpaired) electrons. The molecule has 34 heavy (non-hydrogen) atoms. The van der Waals surface area contributed by atoms with Crippen molar-refractivity contribution in [2.24, 2.45) is 5.41 Å². The van der Waals surface area contributed by atoms with Crippen molar-refractivity contribution in [2.75, 3.05) is 54.5 Å². The van der Waals surface area contributed by atoms with E-state index in [0.717, 1.165) is 47.4 Å². The lowest BCUT2D eigenvalue weighted by Crippen LogP contribution is -2.40. The van der Waals surface area contributed by atoms with E-state index in [1.165, 1.54) is 0 Å². The fourth-order valence-electron chi connectivity index (χ4n) is 3.85. The van der Waals surface area contributed by atoms with Crippen LogP contribution in [0, 0.1) is 5.41 Å². The van der Waals surface area contributed by atoms with Crippen LogP contribution in [0.25, 0.3) is 10.9 Å². The second-order valence-corrected chi connectivity index (χ2v) is 11.4. The molecule has 1 aliphatic rings. The largest absolute Gasteiger partial charge is 0.497 e. The molecule has 0 atom stereocenters. The Labute approximate surface area is 202 Å². The Morgan fingerprint density at radius 3 is 2.50 bits per heavy atom. The Hall–Kier alpha value is -2.14. The molecule has 1 aromatic carbocycles. The second-order valence-electron chi connectivity index (χ2n) is 9.90. The number of esters is 1. The van der Waals surface area contributed by atoms with Crippen molar-refractivity contribution in [3.8, 4) is 5.75 Å². The molecule has 10 heteroatoms. The van der Waals surface area contributed by atoms with Gasteiger partial charge in [-0.05, 0) is 78.0 Å². The SMILES string of the molecule is COc1ccc2c(c1)c(CCN(C)C)cn2S(=O)(=O)OCC(C)(C)C(=O)OC1CCN(C)CC1. The van der Waals surface area contributed by atoms with Crippen LogP contribution in [0.1, 0.15) is 32.3 Å². The van der Waals surface area contributed by atoms with Gasteiger partial charge in [-0.3, -0.25) is 8.98 Å². The van der Waals surface area contributed by atoms with Gasteiger partial charge in [-0.2, -0.15) is 8.42 Å². The maximum atomic E-state index is 13.2. The van der Waals surface area contributed by atoms with Crippen molar-refractivity contribution in [3.05, 3.63) is 30.0 Å². The number of hydrogen-bond donors (Lipinski definition) is 0. The normalized spacial score (nSPS) is 16.3. The number of likely N-dealkylation sites (N-methyl/N-ethyl adjacent to an activating group) is 1. The Balaban J connectivity index is 1.77. The van der Waals surface area contributed by atoms with Crippen LogP contribution < -0.4 is 4.74 Å². The summed E-state index contributed by atoms with van der Waals surface area (Å²) >= 11 is 0. The van der Waals surface area contributed by atoms with Crippen LogP contribution in [0.3, 0.4) is 0 Å². The Morgan fingerprint density at radius 1 is 1.21 bits per heavy atom. The number of hydrogen-bond acceptors (Lipinski definition) is 8. The van der Waals surface area contributed by atoms with Gasteiger partial charge in [0.2, 0.25) is 0 Å². The van der Waals surface area contributed by atoms with Gasteiger partial charge < -0.3 is 19.3 Å². The molecular weight excluding hydrogens is 458 g/mol. The van der Waals surface area contributed by atoms with Crippen molar-refractivity contribution >= 4 is 27.2 Å². The number of methoxy groups -OCH3 is 1. The van der Waals surface area contributed by atoms with Crippen molar-refractivity contribution in [1.82, 2.24) is 13.8 Å². The molecule has 1 fully saturated rings. The predicted molar refractivity (Wildman–Crippen MR) is 131 cm³/mol. The number of benzene rings is 1. The summed E-state index contributed by atoms with van der Waals surface area (Å²) in [4.78, 5) is 17.0. The van der Waals surface area contributed by atoms with E-state index >= 15 is 0 Å². The summed E-state index contributed by atoms with van der Waals surface area (Å²) in [6.07, 6.45) is 3.64.